The fourth-order valence-corrected chi connectivity index (χ4v) is 3.59. The number of carbonyl (C=O) groups is 1. The second-order valence-corrected chi connectivity index (χ2v) is 6.99. The first-order valence-corrected chi connectivity index (χ1v) is 9.15. The van der Waals surface area contributed by atoms with Gasteiger partial charge in [-0.15, -0.1) is 0 Å². The van der Waals surface area contributed by atoms with E-state index in [1.54, 1.807) is 20.3 Å². The van der Waals surface area contributed by atoms with Crippen molar-refractivity contribution in [3.63, 3.8) is 0 Å². The Hall–Kier alpha value is -2.33. The van der Waals surface area contributed by atoms with E-state index in [9.17, 15) is 4.79 Å². The lowest BCUT2D eigenvalue weighted by Crippen LogP contribution is -2.38. The number of methoxy groups -OCH3 is 2. The van der Waals surface area contributed by atoms with Crippen LogP contribution in [0.4, 0.5) is 0 Å². The number of likely N-dealkylation sites (tertiary alicyclic amines) is 1. The van der Waals surface area contributed by atoms with Crippen LogP contribution in [0.5, 0.6) is 11.5 Å². The SMILES string of the molecule is COc1ccc(C(=O)[C@H]2CCCN(Cc3ccc(C)cc3)C2)c(OC)c1. The highest BCUT2D eigenvalue weighted by Crippen LogP contribution is 2.29. The average Bonchev–Trinajstić information content (AvgIpc) is 2.69. The molecule has 138 valence electrons. The molecule has 0 saturated carbocycles. The summed E-state index contributed by atoms with van der Waals surface area (Å²) in [4.78, 5) is 15.5. The Morgan fingerprint density at radius 3 is 2.58 bits per heavy atom. The van der Waals surface area contributed by atoms with E-state index in [0.717, 1.165) is 32.5 Å². The van der Waals surface area contributed by atoms with Gasteiger partial charge in [0.05, 0.1) is 19.8 Å². The van der Waals surface area contributed by atoms with Crippen LogP contribution in [0.2, 0.25) is 0 Å². The van der Waals surface area contributed by atoms with Crippen molar-refractivity contribution in [1.29, 1.82) is 0 Å². The number of hydrogen-bond acceptors (Lipinski definition) is 4. The number of Topliss-reactive ketones (excluding diaryl/α,β-unsaturated/α-hetero) is 1. The van der Waals surface area contributed by atoms with Crippen LogP contribution in [0.25, 0.3) is 0 Å². The highest BCUT2D eigenvalue weighted by atomic mass is 16.5. The van der Waals surface area contributed by atoms with Crippen molar-refractivity contribution in [1.82, 2.24) is 4.90 Å². The van der Waals surface area contributed by atoms with Gasteiger partial charge in [0.2, 0.25) is 0 Å². The van der Waals surface area contributed by atoms with Crippen molar-refractivity contribution in [3.8, 4) is 11.5 Å². The minimum Gasteiger partial charge on any atom is -0.497 e. The Kier molecular flexibility index (Phi) is 5.94. The van der Waals surface area contributed by atoms with Gasteiger partial charge >= 0.3 is 0 Å². The Bertz CT molecular complexity index is 754. The van der Waals surface area contributed by atoms with E-state index in [0.29, 0.717) is 17.1 Å². The van der Waals surface area contributed by atoms with Gasteiger partial charge in [0.15, 0.2) is 5.78 Å². The van der Waals surface area contributed by atoms with E-state index in [1.165, 1.54) is 11.1 Å². The van der Waals surface area contributed by atoms with Gasteiger partial charge in [-0.2, -0.15) is 0 Å². The molecule has 0 spiro atoms. The summed E-state index contributed by atoms with van der Waals surface area (Å²) < 4.78 is 10.6. The minimum absolute atomic E-state index is 0.0106. The van der Waals surface area contributed by atoms with Gasteiger partial charge in [-0.25, -0.2) is 0 Å². The van der Waals surface area contributed by atoms with Crippen LogP contribution in [0.3, 0.4) is 0 Å². The topological polar surface area (TPSA) is 38.8 Å². The van der Waals surface area contributed by atoms with Crippen molar-refractivity contribution in [2.75, 3.05) is 27.3 Å². The van der Waals surface area contributed by atoms with Gasteiger partial charge < -0.3 is 9.47 Å². The Labute approximate surface area is 155 Å². The molecule has 2 aromatic rings. The quantitative estimate of drug-likeness (QED) is 0.733. The summed E-state index contributed by atoms with van der Waals surface area (Å²) in [5.41, 5.74) is 3.22. The molecule has 1 aliphatic rings. The Morgan fingerprint density at radius 1 is 1.12 bits per heavy atom. The van der Waals surface area contributed by atoms with Gasteiger partial charge in [0.25, 0.3) is 0 Å². The van der Waals surface area contributed by atoms with Crippen LogP contribution in [-0.2, 0) is 6.54 Å². The summed E-state index contributed by atoms with van der Waals surface area (Å²) in [6.07, 6.45) is 1.97. The third kappa shape index (κ3) is 4.25. The van der Waals surface area contributed by atoms with Crippen molar-refractivity contribution < 1.29 is 14.3 Å². The molecule has 0 aromatic heterocycles. The van der Waals surface area contributed by atoms with Crippen molar-refractivity contribution in [2.45, 2.75) is 26.3 Å². The first-order valence-electron chi connectivity index (χ1n) is 9.15. The fourth-order valence-electron chi connectivity index (χ4n) is 3.59. The highest BCUT2D eigenvalue weighted by Gasteiger charge is 2.28. The molecule has 2 aromatic carbocycles. The zero-order valence-electron chi connectivity index (χ0n) is 15.8. The normalized spacial score (nSPS) is 17.7. The second kappa shape index (κ2) is 8.37. The van der Waals surface area contributed by atoms with E-state index in [4.69, 9.17) is 9.47 Å². The first kappa shape index (κ1) is 18.5. The lowest BCUT2D eigenvalue weighted by molar-refractivity contribution is 0.0808. The molecule has 1 aliphatic heterocycles. The van der Waals surface area contributed by atoms with Crippen molar-refractivity contribution in [3.05, 3.63) is 59.2 Å². The zero-order chi connectivity index (χ0) is 18.5. The van der Waals surface area contributed by atoms with Crippen LogP contribution in [0.1, 0.15) is 34.3 Å². The van der Waals surface area contributed by atoms with E-state index in [-0.39, 0.29) is 11.7 Å². The van der Waals surface area contributed by atoms with Crippen LogP contribution in [-0.4, -0.2) is 38.0 Å². The smallest absolute Gasteiger partial charge is 0.170 e. The predicted octanol–water partition coefficient (Wildman–Crippen LogP) is 4.11. The molecular formula is C22H27NO3. The standard InChI is InChI=1S/C22H27NO3/c1-16-6-8-17(9-7-16)14-23-12-4-5-18(15-23)22(24)20-11-10-19(25-2)13-21(20)26-3/h6-11,13,18H,4-5,12,14-15H2,1-3H3/t18-/m0/s1. The number of carbonyl (C=O) groups excluding carboxylic acids is 1. The number of rotatable bonds is 6. The van der Waals surface area contributed by atoms with E-state index in [1.807, 2.05) is 12.1 Å². The van der Waals surface area contributed by atoms with Crippen LogP contribution >= 0.6 is 0 Å². The number of hydrogen-bond donors (Lipinski definition) is 0. The third-order valence-corrected chi connectivity index (χ3v) is 5.08. The maximum absolute atomic E-state index is 13.1. The molecule has 1 atom stereocenters. The molecule has 4 nitrogen and oxygen atoms in total. The molecule has 1 heterocycles. The fraction of sp³-hybridized carbons (Fsp3) is 0.409. The highest BCUT2D eigenvalue weighted by molar-refractivity contribution is 6.00. The molecule has 1 fully saturated rings. The maximum Gasteiger partial charge on any atom is 0.170 e. The Morgan fingerprint density at radius 2 is 1.88 bits per heavy atom. The van der Waals surface area contributed by atoms with E-state index < -0.39 is 0 Å². The first-order chi connectivity index (χ1) is 12.6. The molecule has 0 aliphatic carbocycles. The summed E-state index contributed by atoms with van der Waals surface area (Å²) in [6.45, 7) is 4.82. The second-order valence-electron chi connectivity index (χ2n) is 6.99. The number of nitrogens with zero attached hydrogens (tertiary/aromatic N) is 1. The van der Waals surface area contributed by atoms with Crippen LogP contribution in [0, 0.1) is 12.8 Å². The summed E-state index contributed by atoms with van der Waals surface area (Å²) in [7, 11) is 3.20. The summed E-state index contributed by atoms with van der Waals surface area (Å²) in [5.74, 6) is 1.46. The van der Waals surface area contributed by atoms with Gasteiger partial charge in [-0.3, -0.25) is 9.69 Å². The third-order valence-electron chi connectivity index (χ3n) is 5.08. The molecule has 0 N–H and O–H groups in total. The minimum atomic E-state index is 0.0106. The number of benzene rings is 2. The Balaban J connectivity index is 1.70. The number of ether oxygens (including phenoxy) is 2. The molecule has 0 amide bonds. The predicted molar refractivity (Wildman–Crippen MR) is 103 cm³/mol. The van der Waals surface area contributed by atoms with Crippen LogP contribution < -0.4 is 9.47 Å². The average molecular weight is 353 g/mol. The lowest BCUT2D eigenvalue weighted by Gasteiger charge is -2.32. The molecule has 1 saturated heterocycles. The number of piperidine rings is 1. The van der Waals surface area contributed by atoms with E-state index in [2.05, 4.69) is 36.1 Å². The molecule has 4 heteroatoms. The molecule has 3 rings (SSSR count). The lowest BCUT2D eigenvalue weighted by atomic mass is 9.89. The largest absolute Gasteiger partial charge is 0.497 e. The summed E-state index contributed by atoms with van der Waals surface area (Å²) in [5, 5.41) is 0. The van der Waals surface area contributed by atoms with Gasteiger partial charge in [0, 0.05) is 25.1 Å². The summed E-state index contributed by atoms with van der Waals surface area (Å²) >= 11 is 0. The van der Waals surface area contributed by atoms with E-state index >= 15 is 0 Å². The number of aryl methyl sites for hydroxylation is 1. The summed E-state index contributed by atoms with van der Waals surface area (Å²) in [6, 6.07) is 14.1. The molecule has 0 radical (unpaired) electrons. The maximum atomic E-state index is 13.1. The molecule has 0 bridgehead atoms. The van der Waals surface area contributed by atoms with Gasteiger partial charge in [-0.05, 0) is 44.0 Å². The van der Waals surface area contributed by atoms with Crippen LogP contribution in [0.15, 0.2) is 42.5 Å². The molecular weight excluding hydrogens is 326 g/mol. The van der Waals surface area contributed by atoms with Crippen molar-refractivity contribution in [2.24, 2.45) is 5.92 Å². The van der Waals surface area contributed by atoms with Gasteiger partial charge in [0.1, 0.15) is 11.5 Å². The van der Waals surface area contributed by atoms with Gasteiger partial charge in [-0.1, -0.05) is 29.8 Å². The van der Waals surface area contributed by atoms with Crippen molar-refractivity contribution >= 4 is 5.78 Å². The molecule has 26 heavy (non-hydrogen) atoms. The zero-order valence-corrected chi connectivity index (χ0v) is 15.8. The molecule has 0 unspecified atom stereocenters. The monoisotopic (exact) mass is 353 g/mol. The number of ketones is 1.